The Balaban J connectivity index is 0. The molecule has 0 unspecified atom stereocenters. The normalized spacial score (nSPS) is 8.74. The molecule has 0 fully saturated rings. The maximum Gasteiger partial charge on any atom is 0.308 e. The minimum absolute atomic E-state index is 0.745. The van der Waals surface area contributed by atoms with Crippen LogP contribution in [0.5, 0.6) is 5.75 Å². The van der Waals surface area contributed by atoms with Crippen molar-refractivity contribution in [2.45, 2.75) is 41.5 Å². The first-order chi connectivity index (χ1) is 8.86. The van der Waals surface area contributed by atoms with Crippen molar-refractivity contribution in [1.29, 1.82) is 0 Å². The molecular weight excluding hydrogens is 264 g/mol. The van der Waals surface area contributed by atoms with Crippen LogP contribution in [0, 0.1) is 30.2 Å². The van der Waals surface area contributed by atoms with Crippen LogP contribution in [0.2, 0.25) is 0 Å². The van der Waals surface area contributed by atoms with Crippen molar-refractivity contribution in [3.8, 4) is 5.75 Å². The van der Waals surface area contributed by atoms with E-state index in [0.29, 0.717) is 0 Å². The minimum atomic E-state index is -1.87. The summed E-state index contributed by atoms with van der Waals surface area (Å²) in [6.45, 7) is 9.79. The second kappa shape index (κ2) is 9.35. The quantitative estimate of drug-likeness (QED) is 0.249. The monoisotopic (exact) mass is 282 g/mol. The van der Waals surface area contributed by atoms with Crippen molar-refractivity contribution < 1.29 is 27.1 Å². The highest BCUT2D eigenvalue weighted by atomic mass is 19.2. The van der Waals surface area contributed by atoms with Crippen LogP contribution in [0.4, 0.5) is 17.6 Å². The van der Waals surface area contributed by atoms with Crippen molar-refractivity contribution in [2.75, 3.05) is 0 Å². The fourth-order valence-electron chi connectivity index (χ4n) is 0.957. The van der Waals surface area contributed by atoms with Gasteiger partial charge in [-0.25, -0.2) is 13.2 Å². The van der Waals surface area contributed by atoms with Crippen molar-refractivity contribution in [3.63, 3.8) is 0 Å². The lowest BCUT2D eigenvalue weighted by atomic mass is 10.2. The van der Waals surface area contributed by atoms with Gasteiger partial charge in [-0.15, -0.1) is 0 Å². The molecule has 0 aliphatic heterocycles. The topological polar surface area (TPSA) is 26.3 Å². The second-order valence-corrected chi connectivity index (χ2v) is 2.80. The van der Waals surface area contributed by atoms with Gasteiger partial charge in [0, 0.05) is 12.5 Å². The fourth-order valence-corrected chi connectivity index (χ4v) is 0.957. The molecule has 0 aromatic heterocycles. The SMILES string of the molecule is CC.CC.CC(=O)Oc1c(F)c(C)c(F)c(F)c1F. The number of hydrogen-bond donors (Lipinski definition) is 0. The number of benzene rings is 1. The molecule has 0 saturated carbocycles. The van der Waals surface area contributed by atoms with Gasteiger partial charge < -0.3 is 4.74 Å². The van der Waals surface area contributed by atoms with E-state index in [1.165, 1.54) is 0 Å². The Hall–Kier alpha value is -1.59. The van der Waals surface area contributed by atoms with E-state index in [0.717, 1.165) is 13.8 Å². The number of ether oxygens (including phenoxy) is 1. The van der Waals surface area contributed by atoms with Crippen LogP contribution in [0.15, 0.2) is 0 Å². The largest absolute Gasteiger partial charge is 0.420 e. The second-order valence-electron chi connectivity index (χ2n) is 2.80. The number of carbonyl (C=O) groups excluding carboxylic acids is 1. The van der Waals surface area contributed by atoms with E-state index >= 15 is 0 Å². The van der Waals surface area contributed by atoms with Crippen LogP contribution in [0.25, 0.3) is 0 Å². The van der Waals surface area contributed by atoms with Gasteiger partial charge in [-0.3, -0.25) is 4.79 Å². The molecule has 0 heterocycles. The molecule has 19 heavy (non-hydrogen) atoms. The Morgan fingerprint density at radius 1 is 0.842 bits per heavy atom. The summed E-state index contributed by atoms with van der Waals surface area (Å²) in [6.07, 6.45) is 0. The number of hydrogen-bond acceptors (Lipinski definition) is 2. The third-order valence-corrected chi connectivity index (χ3v) is 1.69. The molecule has 0 saturated heterocycles. The summed E-state index contributed by atoms with van der Waals surface area (Å²) in [4.78, 5) is 10.5. The van der Waals surface area contributed by atoms with E-state index in [-0.39, 0.29) is 0 Å². The van der Waals surface area contributed by atoms with Crippen LogP contribution in [0.3, 0.4) is 0 Å². The molecule has 2 nitrogen and oxygen atoms in total. The first-order valence-electron chi connectivity index (χ1n) is 5.87. The molecule has 0 aliphatic carbocycles. The van der Waals surface area contributed by atoms with Crippen molar-refractivity contribution in [3.05, 3.63) is 28.8 Å². The summed E-state index contributed by atoms with van der Waals surface area (Å²) >= 11 is 0. The fraction of sp³-hybridized carbons (Fsp3) is 0.462. The molecule has 0 atom stereocenters. The molecular formula is C13H18F4O2. The van der Waals surface area contributed by atoms with E-state index in [1.54, 1.807) is 0 Å². The Morgan fingerprint density at radius 3 is 1.63 bits per heavy atom. The molecule has 6 heteroatoms. The molecule has 1 aromatic carbocycles. The van der Waals surface area contributed by atoms with Gasteiger partial charge in [0.1, 0.15) is 0 Å². The zero-order valence-corrected chi connectivity index (χ0v) is 11.8. The van der Waals surface area contributed by atoms with Crippen molar-refractivity contribution in [1.82, 2.24) is 0 Å². The molecule has 1 rings (SSSR count). The first-order valence-corrected chi connectivity index (χ1v) is 5.87. The van der Waals surface area contributed by atoms with Gasteiger partial charge in [0.15, 0.2) is 17.5 Å². The molecule has 110 valence electrons. The summed E-state index contributed by atoms with van der Waals surface area (Å²) in [6, 6.07) is 0. The number of carbonyl (C=O) groups is 1. The Morgan fingerprint density at radius 2 is 1.26 bits per heavy atom. The van der Waals surface area contributed by atoms with Crippen LogP contribution in [-0.2, 0) is 4.79 Å². The van der Waals surface area contributed by atoms with Gasteiger partial charge >= 0.3 is 5.97 Å². The molecule has 0 bridgehead atoms. The predicted octanol–water partition coefficient (Wildman–Crippen LogP) is 4.53. The summed E-state index contributed by atoms with van der Waals surface area (Å²) in [5.74, 6) is -9.05. The van der Waals surface area contributed by atoms with Gasteiger partial charge in [-0.05, 0) is 6.92 Å². The molecule has 0 radical (unpaired) electrons. The zero-order chi connectivity index (χ0) is 15.7. The average molecular weight is 282 g/mol. The number of rotatable bonds is 1. The molecule has 1 aromatic rings. The molecule has 0 N–H and O–H groups in total. The number of halogens is 4. The van der Waals surface area contributed by atoms with E-state index in [1.807, 2.05) is 27.7 Å². The van der Waals surface area contributed by atoms with Gasteiger partial charge in [-0.2, -0.15) is 4.39 Å². The van der Waals surface area contributed by atoms with Crippen molar-refractivity contribution in [2.24, 2.45) is 0 Å². The Kier molecular flexibility index (Phi) is 9.72. The lowest BCUT2D eigenvalue weighted by molar-refractivity contribution is -0.132. The lowest BCUT2D eigenvalue weighted by Crippen LogP contribution is -2.09. The van der Waals surface area contributed by atoms with Gasteiger partial charge in [0.05, 0.1) is 0 Å². The molecule has 0 spiro atoms. The smallest absolute Gasteiger partial charge is 0.308 e. The Labute approximate surface area is 110 Å². The third-order valence-electron chi connectivity index (χ3n) is 1.69. The average Bonchev–Trinajstić information content (AvgIpc) is 2.43. The Bertz CT molecular complexity index is 402. The standard InChI is InChI=1S/C9H6F4O2.2C2H6/c1-3-5(10)7(12)8(13)9(6(3)11)15-4(2)14;2*1-2/h1-2H3;2*1-2H3. The third kappa shape index (κ3) is 4.89. The minimum Gasteiger partial charge on any atom is -0.420 e. The van der Waals surface area contributed by atoms with Crippen LogP contribution in [-0.4, -0.2) is 5.97 Å². The summed E-state index contributed by atoms with van der Waals surface area (Å²) in [5.41, 5.74) is -0.745. The number of esters is 1. The highest BCUT2D eigenvalue weighted by Gasteiger charge is 2.25. The molecule has 0 aliphatic rings. The van der Waals surface area contributed by atoms with Gasteiger partial charge in [0.2, 0.25) is 11.6 Å². The van der Waals surface area contributed by atoms with Crippen LogP contribution < -0.4 is 4.74 Å². The van der Waals surface area contributed by atoms with Gasteiger partial charge in [-0.1, -0.05) is 27.7 Å². The van der Waals surface area contributed by atoms with Crippen LogP contribution >= 0.6 is 0 Å². The maximum atomic E-state index is 13.1. The summed E-state index contributed by atoms with van der Waals surface area (Å²) in [7, 11) is 0. The highest BCUT2D eigenvalue weighted by molar-refractivity contribution is 5.69. The first kappa shape index (κ1) is 19.7. The lowest BCUT2D eigenvalue weighted by Gasteiger charge is -2.08. The van der Waals surface area contributed by atoms with Crippen LogP contribution in [0.1, 0.15) is 40.2 Å². The predicted molar refractivity (Wildman–Crippen MR) is 65.0 cm³/mol. The van der Waals surface area contributed by atoms with E-state index in [4.69, 9.17) is 0 Å². The highest BCUT2D eigenvalue weighted by Crippen LogP contribution is 2.29. The summed E-state index contributed by atoms with van der Waals surface area (Å²) < 4.78 is 55.7. The zero-order valence-electron chi connectivity index (χ0n) is 11.8. The van der Waals surface area contributed by atoms with E-state index < -0.39 is 40.6 Å². The molecule has 0 amide bonds. The maximum absolute atomic E-state index is 13.1. The van der Waals surface area contributed by atoms with Gasteiger partial charge in [0.25, 0.3) is 0 Å². The van der Waals surface area contributed by atoms with Crippen molar-refractivity contribution >= 4 is 5.97 Å². The van der Waals surface area contributed by atoms with E-state index in [2.05, 4.69) is 4.74 Å². The van der Waals surface area contributed by atoms with E-state index in [9.17, 15) is 22.4 Å². The summed E-state index contributed by atoms with van der Waals surface area (Å²) in [5, 5.41) is 0.